The van der Waals surface area contributed by atoms with Gasteiger partial charge in [-0.2, -0.15) is 0 Å². The van der Waals surface area contributed by atoms with Crippen LogP contribution in [0.1, 0.15) is 17.8 Å². The van der Waals surface area contributed by atoms with Crippen LogP contribution in [-0.4, -0.2) is 19.8 Å². The minimum atomic E-state index is -2.64. The van der Waals surface area contributed by atoms with Gasteiger partial charge < -0.3 is 0 Å². The Morgan fingerprint density at radius 1 is 1.43 bits per heavy atom. The summed E-state index contributed by atoms with van der Waals surface area (Å²) in [6, 6.07) is 1.09. The van der Waals surface area contributed by atoms with Crippen molar-refractivity contribution < 1.29 is 8.78 Å². The Balaban J connectivity index is 2.79. The molecule has 0 amide bonds. The summed E-state index contributed by atoms with van der Waals surface area (Å²) < 4.78 is 26.1. The molecular formula is C7H5ClF2N4. The quantitative estimate of drug-likeness (QED) is 0.736. The molecule has 7 heteroatoms. The predicted octanol–water partition coefficient (Wildman–Crippen LogP) is 2.02. The highest BCUT2D eigenvalue weighted by Gasteiger charge is 2.16. The van der Waals surface area contributed by atoms with Crippen molar-refractivity contribution in [3.8, 4) is 0 Å². The summed E-state index contributed by atoms with van der Waals surface area (Å²) >= 11 is 5.54. The molecule has 0 fully saturated rings. The van der Waals surface area contributed by atoms with Crippen molar-refractivity contribution >= 4 is 17.2 Å². The van der Waals surface area contributed by atoms with Crippen LogP contribution in [0.3, 0.4) is 0 Å². The first-order valence-electron chi connectivity index (χ1n) is 3.76. The molecular weight excluding hydrogens is 214 g/mol. The average molecular weight is 219 g/mol. The minimum Gasteiger partial charge on any atom is -0.210 e. The molecule has 0 aliphatic heterocycles. The van der Waals surface area contributed by atoms with Gasteiger partial charge in [0, 0.05) is 0 Å². The third kappa shape index (κ3) is 1.41. The van der Waals surface area contributed by atoms with E-state index in [1.807, 2.05) is 0 Å². The molecule has 0 unspecified atom stereocenters. The van der Waals surface area contributed by atoms with E-state index < -0.39 is 6.43 Å². The molecule has 0 N–H and O–H groups in total. The molecule has 14 heavy (non-hydrogen) atoms. The van der Waals surface area contributed by atoms with Crippen LogP contribution in [0.4, 0.5) is 8.78 Å². The summed E-state index contributed by atoms with van der Waals surface area (Å²) in [7, 11) is 0. The lowest BCUT2D eigenvalue weighted by Crippen LogP contribution is -1.99. The fourth-order valence-electron chi connectivity index (χ4n) is 1.13. The van der Waals surface area contributed by atoms with Gasteiger partial charge in [-0.3, -0.25) is 0 Å². The van der Waals surface area contributed by atoms with Crippen LogP contribution in [0.15, 0.2) is 6.07 Å². The van der Waals surface area contributed by atoms with E-state index in [0.29, 0.717) is 5.82 Å². The Bertz CT molecular complexity index is 482. The van der Waals surface area contributed by atoms with E-state index in [4.69, 9.17) is 11.6 Å². The van der Waals surface area contributed by atoms with Gasteiger partial charge in [0.15, 0.2) is 10.8 Å². The van der Waals surface area contributed by atoms with Crippen molar-refractivity contribution in [1.29, 1.82) is 0 Å². The first-order chi connectivity index (χ1) is 6.58. The van der Waals surface area contributed by atoms with Crippen molar-refractivity contribution in [3.63, 3.8) is 0 Å². The monoisotopic (exact) mass is 218 g/mol. The second-order valence-electron chi connectivity index (χ2n) is 2.70. The summed E-state index contributed by atoms with van der Waals surface area (Å²) in [5.74, 6) is 0.377. The zero-order chi connectivity index (χ0) is 10.3. The van der Waals surface area contributed by atoms with E-state index in [9.17, 15) is 8.78 Å². The standard InChI is InChI=1S/C7H5ClF2N4/c1-3-11-7-4(6(9)10)2-5(8)13-14(7)12-3/h2,6H,1H3. The van der Waals surface area contributed by atoms with E-state index >= 15 is 0 Å². The van der Waals surface area contributed by atoms with Crippen LogP contribution in [0.25, 0.3) is 5.65 Å². The molecule has 2 rings (SSSR count). The molecule has 0 aromatic carbocycles. The lowest BCUT2D eigenvalue weighted by Gasteiger charge is -2.00. The van der Waals surface area contributed by atoms with E-state index in [2.05, 4.69) is 15.2 Å². The Kier molecular flexibility index (Phi) is 2.07. The summed E-state index contributed by atoms with van der Waals surface area (Å²) in [5, 5.41) is 7.48. The molecule has 0 saturated carbocycles. The zero-order valence-electron chi connectivity index (χ0n) is 7.08. The van der Waals surface area contributed by atoms with Gasteiger partial charge in [0.05, 0.1) is 5.56 Å². The van der Waals surface area contributed by atoms with Crippen molar-refractivity contribution in [1.82, 2.24) is 19.8 Å². The molecule has 0 saturated heterocycles. The second-order valence-corrected chi connectivity index (χ2v) is 3.08. The number of aryl methyl sites for hydroxylation is 1. The van der Waals surface area contributed by atoms with Crippen molar-refractivity contribution in [2.24, 2.45) is 0 Å². The number of nitrogens with zero attached hydrogens (tertiary/aromatic N) is 4. The Morgan fingerprint density at radius 2 is 2.14 bits per heavy atom. The van der Waals surface area contributed by atoms with E-state index in [0.717, 1.165) is 10.7 Å². The van der Waals surface area contributed by atoms with Crippen molar-refractivity contribution in [3.05, 3.63) is 22.6 Å². The number of fused-ring (bicyclic) bond motifs is 1. The lowest BCUT2D eigenvalue weighted by molar-refractivity contribution is 0.152. The lowest BCUT2D eigenvalue weighted by atomic mass is 10.3. The smallest absolute Gasteiger partial charge is 0.210 e. The van der Waals surface area contributed by atoms with Crippen molar-refractivity contribution in [2.45, 2.75) is 13.3 Å². The highest BCUT2D eigenvalue weighted by molar-refractivity contribution is 6.29. The van der Waals surface area contributed by atoms with Crippen LogP contribution in [0.2, 0.25) is 5.15 Å². The Hall–Kier alpha value is -1.30. The number of aromatic nitrogens is 4. The first-order valence-corrected chi connectivity index (χ1v) is 4.14. The van der Waals surface area contributed by atoms with Gasteiger partial charge in [-0.15, -0.1) is 14.8 Å². The maximum Gasteiger partial charge on any atom is 0.267 e. The van der Waals surface area contributed by atoms with Gasteiger partial charge in [-0.25, -0.2) is 13.8 Å². The van der Waals surface area contributed by atoms with E-state index in [-0.39, 0.29) is 16.4 Å². The van der Waals surface area contributed by atoms with Crippen LogP contribution < -0.4 is 0 Å². The largest absolute Gasteiger partial charge is 0.267 e. The number of alkyl halides is 2. The normalized spacial score (nSPS) is 11.5. The SMILES string of the molecule is Cc1nc2c(C(F)F)cc(Cl)nn2n1. The molecule has 4 nitrogen and oxygen atoms in total. The summed E-state index contributed by atoms with van der Waals surface area (Å²) in [6.07, 6.45) is -2.64. The summed E-state index contributed by atoms with van der Waals surface area (Å²) in [6.45, 7) is 1.60. The molecule has 2 aromatic rings. The van der Waals surface area contributed by atoms with Crippen LogP contribution >= 0.6 is 11.6 Å². The topological polar surface area (TPSA) is 43.1 Å². The van der Waals surface area contributed by atoms with Gasteiger partial charge >= 0.3 is 0 Å². The molecule has 0 atom stereocenters. The number of rotatable bonds is 1. The number of hydrogen-bond donors (Lipinski definition) is 0. The fraction of sp³-hybridized carbons (Fsp3) is 0.286. The van der Waals surface area contributed by atoms with Gasteiger partial charge in [0.1, 0.15) is 5.82 Å². The third-order valence-corrected chi connectivity index (χ3v) is 1.84. The highest BCUT2D eigenvalue weighted by Crippen LogP contribution is 2.24. The number of hydrogen-bond acceptors (Lipinski definition) is 3. The second kappa shape index (κ2) is 3.13. The van der Waals surface area contributed by atoms with Crippen LogP contribution in [0, 0.1) is 6.92 Å². The van der Waals surface area contributed by atoms with E-state index in [1.165, 1.54) is 0 Å². The molecule has 0 aliphatic rings. The molecule has 74 valence electrons. The van der Waals surface area contributed by atoms with Gasteiger partial charge in [-0.1, -0.05) is 11.6 Å². The molecule has 0 radical (unpaired) electrons. The number of halogens is 3. The van der Waals surface area contributed by atoms with Crippen molar-refractivity contribution in [2.75, 3.05) is 0 Å². The van der Waals surface area contributed by atoms with Gasteiger partial charge in [0.2, 0.25) is 0 Å². The average Bonchev–Trinajstić information content (AvgIpc) is 2.42. The zero-order valence-corrected chi connectivity index (χ0v) is 7.83. The molecule has 0 bridgehead atoms. The van der Waals surface area contributed by atoms with Gasteiger partial charge in [0.25, 0.3) is 6.43 Å². The highest BCUT2D eigenvalue weighted by atomic mass is 35.5. The van der Waals surface area contributed by atoms with E-state index in [1.54, 1.807) is 6.92 Å². The van der Waals surface area contributed by atoms with Crippen LogP contribution in [0.5, 0.6) is 0 Å². The summed E-state index contributed by atoms with van der Waals surface area (Å²) in [5.41, 5.74) is -0.215. The maximum atomic E-state index is 12.5. The Morgan fingerprint density at radius 3 is 2.79 bits per heavy atom. The molecule has 0 aliphatic carbocycles. The predicted molar refractivity (Wildman–Crippen MR) is 45.5 cm³/mol. The molecule has 2 aromatic heterocycles. The minimum absolute atomic E-state index is 0.0299. The van der Waals surface area contributed by atoms with Crippen LogP contribution in [-0.2, 0) is 0 Å². The molecule has 2 heterocycles. The maximum absolute atomic E-state index is 12.5. The van der Waals surface area contributed by atoms with Gasteiger partial charge in [-0.05, 0) is 13.0 Å². The molecule has 0 spiro atoms. The first kappa shape index (κ1) is 9.26. The fourth-order valence-corrected chi connectivity index (χ4v) is 1.32. The summed E-state index contributed by atoms with van der Waals surface area (Å²) in [4.78, 5) is 3.83. The third-order valence-electron chi connectivity index (χ3n) is 1.65. The Labute approximate surface area is 82.5 Å².